The molecule has 2 nitrogen and oxygen atoms in total. The molecule has 2 rings (SSSR count). The van der Waals surface area contributed by atoms with Crippen LogP contribution in [0.25, 0.3) is 0 Å². The van der Waals surface area contributed by atoms with Gasteiger partial charge in [0.15, 0.2) is 0 Å². The quantitative estimate of drug-likeness (QED) is 0.907. The van der Waals surface area contributed by atoms with Gasteiger partial charge in [0.25, 0.3) is 5.92 Å². The molecule has 20 heavy (non-hydrogen) atoms. The summed E-state index contributed by atoms with van der Waals surface area (Å²) in [5, 5.41) is 0. The van der Waals surface area contributed by atoms with E-state index < -0.39 is 5.92 Å². The van der Waals surface area contributed by atoms with Crippen LogP contribution in [0.3, 0.4) is 0 Å². The highest BCUT2D eigenvalue weighted by atomic mass is 19.3. The highest BCUT2D eigenvalue weighted by Crippen LogP contribution is 2.42. The summed E-state index contributed by atoms with van der Waals surface area (Å²) in [6, 6.07) is 5.14. The molecule has 0 aromatic heterocycles. The third-order valence-corrected chi connectivity index (χ3v) is 4.49. The van der Waals surface area contributed by atoms with Gasteiger partial charge in [-0.2, -0.15) is 0 Å². The second-order valence-electron chi connectivity index (χ2n) is 5.85. The normalized spacial score (nSPS) is 18.9. The molecule has 0 amide bonds. The van der Waals surface area contributed by atoms with Gasteiger partial charge in [0.2, 0.25) is 0 Å². The molecule has 1 aromatic carbocycles. The van der Waals surface area contributed by atoms with Crippen LogP contribution in [-0.4, -0.2) is 13.7 Å². The third kappa shape index (κ3) is 2.80. The van der Waals surface area contributed by atoms with Gasteiger partial charge in [0.05, 0.1) is 12.7 Å². The van der Waals surface area contributed by atoms with E-state index in [1.54, 1.807) is 12.1 Å². The van der Waals surface area contributed by atoms with Crippen molar-refractivity contribution in [2.45, 2.75) is 50.4 Å². The molecule has 0 unspecified atom stereocenters. The summed E-state index contributed by atoms with van der Waals surface area (Å²) >= 11 is 0. The van der Waals surface area contributed by atoms with E-state index in [1.165, 1.54) is 13.5 Å². The van der Waals surface area contributed by atoms with Crippen molar-refractivity contribution in [3.05, 3.63) is 29.3 Å². The molecule has 2 N–H and O–H groups in total. The molecule has 0 saturated heterocycles. The number of methoxy groups -OCH3 is 1. The number of nitrogens with two attached hydrogens (primary N) is 1. The molecule has 1 fully saturated rings. The van der Waals surface area contributed by atoms with Crippen molar-refractivity contribution in [2.75, 3.05) is 13.7 Å². The monoisotopic (exact) mass is 283 g/mol. The molecule has 0 radical (unpaired) electrons. The summed E-state index contributed by atoms with van der Waals surface area (Å²) in [5.41, 5.74) is 6.72. The molecular weight excluding hydrogens is 260 g/mol. The van der Waals surface area contributed by atoms with E-state index >= 15 is 0 Å². The number of hydrogen-bond acceptors (Lipinski definition) is 2. The summed E-state index contributed by atoms with van der Waals surface area (Å²) in [7, 11) is 1.42. The molecule has 1 saturated carbocycles. The molecule has 0 spiro atoms. The number of rotatable bonds is 4. The van der Waals surface area contributed by atoms with Crippen molar-refractivity contribution in [1.82, 2.24) is 0 Å². The van der Waals surface area contributed by atoms with Gasteiger partial charge in [0.1, 0.15) is 5.75 Å². The molecule has 1 aromatic rings. The molecular formula is C16H23F2NO. The van der Waals surface area contributed by atoms with E-state index in [0.29, 0.717) is 6.54 Å². The molecule has 0 bridgehead atoms. The molecule has 0 atom stereocenters. The Bertz CT molecular complexity index is 462. The predicted molar refractivity (Wildman–Crippen MR) is 76.4 cm³/mol. The zero-order chi connectivity index (χ0) is 14.8. The van der Waals surface area contributed by atoms with Crippen molar-refractivity contribution in [3.63, 3.8) is 0 Å². The van der Waals surface area contributed by atoms with Crippen LogP contribution in [0.2, 0.25) is 0 Å². The standard InChI is InChI=1S/C16H23F2NO/c1-15(17,18)13-10-12(6-7-14(13)20-2)16(11-19)8-4-3-5-9-16/h6-7,10H,3-5,8-9,11,19H2,1-2H3. The zero-order valence-electron chi connectivity index (χ0n) is 12.2. The molecule has 4 heteroatoms. The first-order valence-electron chi connectivity index (χ1n) is 7.20. The Morgan fingerprint density at radius 2 is 1.90 bits per heavy atom. The van der Waals surface area contributed by atoms with Gasteiger partial charge < -0.3 is 10.5 Å². The highest BCUT2D eigenvalue weighted by molar-refractivity contribution is 5.43. The lowest BCUT2D eigenvalue weighted by Gasteiger charge is -2.37. The fourth-order valence-electron chi connectivity index (χ4n) is 3.22. The summed E-state index contributed by atoms with van der Waals surface area (Å²) in [5.74, 6) is -2.67. The summed E-state index contributed by atoms with van der Waals surface area (Å²) in [4.78, 5) is 0. The number of ether oxygens (including phenoxy) is 1. The third-order valence-electron chi connectivity index (χ3n) is 4.49. The summed E-state index contributed by atoms with van der Waals surface area (Å²) < 4.78 is 32.6. The second kappa shape index (κ2) is 5.68. The van der Waals surface area contributed by atoms with Crippen molar-refractivity contribution < 1.29 is 13.5 Å². The zero-order valence-corrected chi connectivity index (χ0v) is 12.2. The fourth-order valence-corrected chi connectivity index (χ4v) is 3.22. The first-order valence-corrected chi connectivity index (χ1v) is 7.20. The van der Waals surface area contributed by atoms with Gasteiger partial charge in [-0.25, -0.2) is 8.78 Å². The number of alkyl halides is 2. The van der Waals surface area contributed by atoms with Crippen molar-refractivity contribution >= 4 is 0 Å². The summed E-state index contributed by atoms with van der Waals surface area (Å²) in [6.07, 6.45) is 5.38. The average molecular weight is 283 g/mol. The van der Waals surface area contributed by atoms with Crippen LogP contribution in [0.4, 0.5) is 8.78 Å². The van der Waals surface area contributed by atoms with Crippen LogP contribution >= 0.6 is 0 Å². The number of hydrogen-bond donors (Lipinski definition) is 1. The molecule has 1 aliphatic rings. The van der Waals surface area contributed by atoms with Gasteiger partial charge in [-0.3, -0.25) is 0 Å². The van der Waals surface area contributed by atoms with Crippen molar-refractivity contribution in [2.24, 2.45) is 5.73 Å². The predicted octanol–water partition coefficient (Wildman–Crippen LogP) is 3.97. The lowest BCUT2D eigenvalue weighted by Crippen LogP contribution is -2.37. The Morgan fingerprint density at radius 1 is 1.25 bits per heavy atom. The minimum absolute atomic E-state index is 0.0455. The Balaban J connectivity index is 2.47. The van der Waals surface area contributed by atoms with Crippen LogP contribution in [0.1, 0.15) is 50.2 Å². The molecule has 0 aliphatic heterocycles. The van der Waals surface area contributed by atoms with E-state index in [9.17, 15) is 8.78 Å². The van der Waals surface area contributed by atoms with Crippen LogP contribution in [-0.2, 0) is 11.3 Å². The van der Waals surface area contributed by atoms with E-state index in [-0.39, 0.29) is 16.7 Å². The minimum atomic E-state index is -2.91. The van der Waals surface area contributed by atoms with E-state index in [1.807, 2.05) is 6.07 Å². The van der Waals surface area contributed by atoms with Gasteiger partial charge >= 0.3 is 0 Å². The first kappa shape index (κ1) is 15.2. The van der Waals surface area contributed by atoms with Gasteiger partial charge in [-0.1, -0.05) is 25.3 Å². The Morgan fingerprint density at radius 3 is 2.40 bits per heavy atom. The number of halogens is 2. The highest BCUT2D eigenvalue weighted by Gasteiger charge is 2.35. The van der Waals surface area contributed by atoms with Gasteiger partial charge in [-0.05, 0) is 30.5 Å². The lowest BCUT2D eigenvalue weighted by atomic mass is 9.69. The Hall–Kier alpha value is -1.16. The Labute approximate surface area is 119 Å². The number of benzene rings is 1. The first-order chi connectivity index (χ1) is 9.43. The van der Waals surface area contributed by atoms with Crippen LogP contribution in [0.5, 0.6) is 5.75 Å². The molecule has 112 valence electrons. The minimum Gasteiger partial charge on any atom is -0.496 e. The van der Waals surface area contributed by atoms with Gasteiger partial charge in [-0.15, -0.1) is 0 Å². The fraction of sp³-hybridized carbons (Fsp3) is 0.625. The Kier molecular flexibility index (Phi) is 4.33. The second-order valence-corrected chi connectivity index (χ2v) is 5.85. The van der Waals surface area contributed by atoms with Crippen LogP contribution in [0, 0.1) is 0 Å². The maximum atomic E-state index is 13.8. The van der Waals surface area contributed by atoms with E-state index in [4.69, 9.17) is 10.5 Å². The molecule has 1 aliphatic carbocycles. The SMILES string of the molecule is COc1ccc(C2(CN)CCCCC2)cc1C(C)(F)F. The van der Waals surface area contributed by atoms with Gasteiger partial charge in [0, 0.05) is 18.9 Å². The van der Waals surface area contributed by atoms with Crippen molar-refractivity contribution in [1.29, 1.82) is 0 Å². The maximum Gasteiger partial charge on any atom is 0.274 e. The largest absolute Gasteiger partial charge is 0.496 e. The lowest BCUT2D eigenvalue weighted by molar-refractivity contribution is 0.0149. The van der Waals surface area contributed by atoms with Crippen LogP contribution in [0.15, 0.2) is 18.2 Å². The maximum absolute atomic E-state index is 13.8. The average Bonchev–Trinajstić information content (AvgIpc) is 2.46. The molecule has 0 heterocycles. The van der Waals surface area contributed by atoms with E-state index in [2.05, 4.69) is 0 Å². The van der Waals surface area contributed by atoms with Crippen LogP contribution < -0.4 is 10.5 Å². The summed E-state index contributed by atoms with van der Waals surface area (Å²) in [6.45, 7) is 1.42. The topological polar surface area (TPSA) is 35.2 Å². The van der Waals surface area contributed by atoms with E-state index in [0.717, 1.165) is 38.2 Å². The smallest absolute Gasteiger partial charge is 0.274 e. The van der Waals surface area contributed by atoms with Crippen molar-refractivity contribution in [3.8, 4) is 5.75 Å².